The lowest BCUT2D eigenvalue weighted by Gasteiger charge is -2.19. The largest absolute Gasteiger partial charge is 0.444 e. The fourth-order valence-corrected chi connectivity index (χ4v) is 2.43. The van der Waals surface area contributed by atoms with Crippen molar-refractivity contribution in [3.63, 3.8) is 0 Å². The van der Waals surface area contributed by atoms with Crippen LogP contribution in [0.3, 0.4) is 0 Å². The average molecular weight is 304 g/mol. The van der Waals surface area contributed by atoms with Crippen molar-refractivity contribution in [1.82, 2.24) is 5.32 Å². The highest BCUT2D eigenvalue weighted by Crippen LogP contribution is 2.10. The van der Waals surface area contributed by atoms with E-state index in [4.69, 9.17) is 4.74 Å². The van der Waals surface area contributed by atoms with E-state index in [1.807, 2.05) is 32.5 Å². The van der Waals surface area contributed by atoms with E-state index in [1.54, 1.807) is 0 Å². The molecule has 0 aromatic rings. The Hall–Kier alpha value is -0.380. The molecule has 0 radical (unpaired) electrons. The molecule has 120 valence electrons. The number of thioether (sulfide) groups is 1. The summed E-state index contributed by atoms with van der Waals surface area (Å²) in [4.78, 5) is 11.4. The summed E-state index contributed by atoms with van der Waals surface area (Å²) in [5.41, 5.74) is -0.402. The van der Waals surface area contributed by atoms with Crippen LogP contribution in [0.4, 0.5) is 4.79 Å². The number of unbranched alkanes of at least 4 members (excludes halogenated alkanes) is 7. The van der Waals surface area contributed by atoms with Crippen molar-refractivity contribution in [1.29, 1.82) is 0 Å². The van der Waals surface area contributed by atoms with Crippen LogP contribution in [0.1, 0.15) is 72.1 Å². The zero-order valence-corrected chi connectivity index (χ0v) is 14.6. The molecule has 0 aliphatic heterocycles. The van der Waals surface area contributed by atoms with E-state index in [1.165, 1.54) is 50.7 Å². The highest BCUT2D eigenvalue weighted by atomic mass is 32.2. The SMILES string of the molecule is CSCCCCCCCCCCNC(=O)OC(C)(C)C. The van der Waals surface area contributed by atoms with Gasteiger partial charge in [-0.25, -0.2) is 4.79 Å². The Morgan fingerprint density at radius 2 is 1.45 bits per heavy atom. The topological polar surface area (TPSA) is 38.3 Å². The Balaban J connectivity index is 3.19. The number of carbonyl (C=O) groups is 1. The molecular formula is C16H33NO2S. The molecule has 20 heavy (non-hydrogen) atoms. The van der Waals surface area contributed by atoms with E-state index in [0.717, 1.165) is 13.0 Å². The Bertz CT molecular complexity index is 239. The molecule has 0 aromatic carbocycles. The van der Waals surface area contributed by atoms with Gasteiger partial charge < -0.3 is 10.1 Å². The Labute approximate surface area is 129 Å². The van der Waals surface area contributed by atoms with Crippen LogP contribution in [0, 0.1) is 0 Å². The summed E-state index contributed by atoms with van der Waals surface area (Å²) < 4.78 is 5.18. The quantitative estimate of drug-likeness (QED) is 0.546. The van der Waals surface area contributed by atoms with Crippen molar-refractivity contribution in [2.45, 2.75) is 77.7 Å². The van der Waals surface area contributed by atoms with E-state index in [9.17, 15) is 4.79 Å². The average Bonchev–Trinajstić information content (AvgIpc) is 2.34. The van der Waals surface area contributed by atoms with E-state index in [2.05, 4.69) is 11.6 Å². The predicted octanol–water partition coefficient (Wildman–Crippen LogP) is 4.99. The summed E-state index contributed by atoms with van der Waals surface area (Å²) in [5, 5.41) is 2.80. The molecule has 3 nitrogen and oxygen atoms in total. The standard InChI is InChI=1S/C16H33NO2S/c1-16(2,3)19-15(18)17-13-11-9-7-5-6-8-10-12-14-20-4/h5-14H2,1-4H3,(H,17,18). The fourth-order valence-electron chi connectivity index (χ4n) is 1.94. The first-order valence-electron chi connectivity index (χ1n) is 7.91. The van der Waals surface area contributed by atoms with Crippen molar-refractivity contribution >= 4 is 17.9 Å². The predicted molar refractivity (Wildman–Crippen MR) is 89.6 cm³/mol. The van der Waals surface area contributed by atoms with Gasteiger partial charge in [0.05, 0.1) is 0 Å². The fraction of sp³-hybridized carbons (Fsp3) is 0.938. The van der Waals surface area contributed by atoms with Crippen LogP contribution < -0.4 is 5.32 Å². The Morgan fingerprint density at radius 1 is 0.950 bits per heavy atom. The number of nitrogens with one attached hydrogen (secondary N) is 1. The minimum absolute atomic E-state index is 0.300. The third-order valence-corrected chi connectivity index (χ3v) is 3.64. The smallest absolute Gasteiger partial charge is 0.407 e. The van der Waals surface area contributed by atoms with Crippen LogP contribution in [-0.4, -0.2) is 30.2 Å². The van der Waals surface area contributed by atoms with Crippen molar-refractivity contribution in [2.75, 3.05) is 18.6 Å². The summed E-state index contributed by atoms with van der Waals surface area (Å²) in [7, 11) is 0. The molecule has 0 aliphatic carbocycles. The lowest BCUT2D eigenvalue weighted by molar-refractivity contribution is 0.0527. The maximum atomic E-state index is 11.4. The van der Waals surface area contributed by atoms with Gasteiger partial charge in [-0.05, 0) is 45.6 Å². The molecule has 0 rings (SSSR count). The molecule has 4 heteroatoms. The number of hydrogen-bond acceptors (Lipinski definition) is 3. The van der Waals surface area contributed by atoms with Crippen molar-refractivity contribution in [2.24, 2.45) is 0 Å². The summed E-state index contributed by atoms with van der Waals surface area (Å²) in [6.07, 6.45) is 12.2. The second kappa shape index (κ2) is 12.4. The van der Waals surface area contributed by atoms with Gasteiger partial charge in [-0.3, -0.25) is 0 Å². The van der Waals surface area contributed by atoms with Gasteiger partial charge in [-0.15, -0.1) is 0 Å². The molecular weight excluding hydrogens is 270 g/mol. The number of ether oxygens (including phenoxy) is 1. The van der Waals surface area contributed by atoms with E-state index >= 15 is 0 Å². The molecule has 0 fully saturated rings. The van der Waals surface area contributed by atoms with Crippen LogP contribution in [0.2, 0.25) is 0 Å². The lowest BCUT2D eigenvalue weighted by atomic mass is 10.1. The molecule has 0 spiro atoms. The summed E-state index contributed by atoms with van der Waals surface area (Å²) in [5.74, 6) is 1.30. The number of rotatable bonds is 11. The van der Waals surface area contributed by atoms with Gasteiger partial charge in [-0.2, -0.15) is 11.8 Å². The van der Waals surface area contributed by atoms with Gasteiger partial charge in [0.1, 0.15) is 5.60 Å². The van der Waals surface area contributed by atoms with Crippen LogP contribution in [0.5, 0.6) is 0 Å². The van der Waals surface area contributed by atoms with Gasteiger partial charge in [0.15, 0.2) is 0 Å². The summed E-state index contributed by atoms with van der Waals surface area (Å²) in [6, 6.07) is 0. The van der Waals surface area contributed by atoms with Crippen molar-refractivity contribution in [3.05, 3.63) is 0 Å². The first-order chi connectivity index (χ1) is 9.45. The van der Waals surface area contributed by atoms with Crippen LogP contribution in [0.15, 0.2) is 0 Å². The zero-order chi connectivity index (χ0) is 15.3. The molecule has 0 atom stereocenters. The van der Waals surface area contributed by atoms with Crippen molar-refractivity contribution in [3.8, 4) is 0 Å². The maximum absolute atomic E-state index is 11.4. The summed E-state index contributed by atoms with van der Waals surface area (Å²) >= 11 is 1.94. The molecule has 0 saturated heterocycles. The molecule has 1 amide bonds. The number of amides is 1. The van der Waals surface area contributed by atoms with E-state index < -0.39 is 5.60 Å². The van der Waals surface area contributed by atoms with Crippen LogP contribution >= 0.6 is 11.8 Å². The molecule has 0 aliphatic rings. The second-order valence-corrected chi connectivity index (χ2v) is 7.24. The van der Waals surface area contributed by atoms with Crippen LogP contribution in [0.25, 0.3) is 0 Å². The van der Waals surface area contributed by atoms with Crippen molar-refractivity contribution < 1.29 is 9.53 Å². The third-order valence-electron chi connectivity index (χ3n) is 2.94. The third kappa shape index (κ3) is 15.7. The lowest BCUT2D eigenvalue weighted by Crippen LogP contribution is -2.32. The normalized spacial score (nSPS) is 11.4. The number of carbonyl (C=O) groups excluding carboxylic acids is 1. The van der Waals surface area contributed by atoms with Gasteiger partial charge >= 0.3 is 6.09 Å². The second-order valence-electron chi connectivity index (χ2n) is 6.25. The maximum Gasteiger partial charge on any atom is 0.407 e. The molecule has 0 aromatic heterocycles. The number of alkyl carbamates (subject to hydrolysis) is 1. The molecule has 0 unspecified atom stereocenters. The van der Waals surface area contributed by atoms with E-state index in [0.29, 0.717) is 0 Å². The minimum atomic E-state index is -0.402. The van der Waals surface area contributed by atoms with Gasteiger partial charge in [0.25, 0.3) is 0 Å². The molecule has 0 heterocycles. The first kappa shape index (κ1) is 19.6. The minimum Gasteiger partial charge on any atom is -0.444 e. The highest BCUT2D eigenvalue weighted by Gasteiger charge is 2.15. The van der Waals surface area contributed by atoms with Gasteiger partial charge in [-0.1, -0.05) is 38.5 Å². The molecule has 0 bridgehead atoms. The highest BCUT2D eigenvalue weighted by molar-refractivity contribution is 7.98. The Morgan fingerprint density at radius 3 is 1.95 bits per heavy atom. The van der Waals surface area contributed by atoms with Gasteiger partial charge in [0.2, 0.25) is 0 Å². The van der Waals surface area contributed by atoms with E-state index in [-0.39, 0.29) is 6.09 Å². The zero-order valence-electron chi connectivity index (χ0n) is 13.8. The number of hydrogen-bond donors (Lipinski definition) is 1. The molecule has 0 saturated carbocycles. The monoisotopic (exact) mass is 303 g/mol. The summed E-state index contributed by atoms with van der Waals surface area (Å²) in [6.45, 7) is 6.37. The van der Waals surface area contributed by atoms with Gasteiger partial charge in [0, 0.05) is 6.54 Å². The Kier molecular flexibility index (Phi) is 12.1. The first-order valence-corrected chi connectivity index (χ1v) is 9.31. The molecule has 1 N–H and O–H groups in total. The van der Waals surface area contributed by atoms with Crippen LogP contribution in [-0.2, 0) is 4.74 Å².